The fourth-order valence-corrected chi connectivity index (χ4v) is 5.77. The third-order valence-electron chi connectivity index (χ3n) is 7.12. The number of aliphatic hydroxyl groups excluding tert-OH is 1. The first-order valence-electron chi connectivity index (χ1n) is 15.6. The van der Waals surface area contributed by atoms with Crippen molar-refractivity contribution in [2.24, 2.45) is 0 Å². The molecule has 0 aliphatic rings. The SMILES string of the molecule is CCCCCCCCCCCCCCCCCCOC[C@H](CO)OP(=O)(O)COCCn1cnc2c(N)ncnc21. The highest BCUT2D eigenvalue weighted by atomic mass is 31.2. The van der Waals surface area contributed by atoms with E-state index in [1.54, 1.807) is 10.9 Å². The summed E-state index contributed by atoms with van der Waals surface area (Å²) in [5.41, 5.74) is 6.83. The minimum absolute atomic E-state index is 0.0575. The average Bonchev–Trinajstić information content (AvgIpc) is 3.38. The molecular weight excluding hydrogens is 545 g/mol. The Kier molecular flexibility index (Phi) is 19.1. The van der Waals surface area contributed by atoms with Crippen LogP contribution in [-0.4, -0.2) is 68.4 Å². The summed E-state index contributed by atoms with van der Waals surface area (Å²) in [6, 6.07) is 0. The van der Waals surface area contributed by atoms with Crippen molar-refractivity contribution in [2.45, 2.75) is 122 Å². The molecule has 12 heteroatoms. The summed E-state index contributed by atoms with van der Waals surface area (Å²) in [5, 5.41) is 9.54. The highest BCUT2D eigenvalue weighted by Crippen LogP contribution is 2.43. The first-order chi connectivity index (χ1) is 20.0. The van der Waals surface area contributed by atoms with Crippen molar-refractivity contribution in [3.8, 4) is 0 Å². The molecule has 2 aromatic heterocycles. The van der Waals surface area contributed by atoms with Gasteiger partial charge in [-0.15, -0.1) is 0 Å². The van der Waals surface area contributed by atoms with Crippen LogP contribution in [0.3, 0.4) is 0 Å². The van der Waals surface area contributed by atoms with Crippen molar-refractivity contribution in [3.05, 3.63) is 12.7 Å². The Morgan fingerprint density at radius 2 is 1.44 bits per heavy atom. The molecule has 0 bridgehead atoms. The van der Waals surface area contributed by atoms with Gasteiger partial charge in [-0.2, -0.15) is 0 Å². The van der Waals surface area contributed by atoms with Gasteiger partial charge in [0.05, 0.1) is 26.1 Å². The van der Waals surface area contributed by atoms with E-state index < -0.39 is 26.7 Å². The second-order valence-corrected chi connectivity index (χ2v) is 12.6. The Morgan fingerprint density at radius 1 is 0.854 bits per heavy atom. The molecule has 4 N–H and O–H groups in total. The fraction of sp³-hybridized carbons (Fsp3) is 0.828. The quantitative estimate of drug-likeness (QED) is 0.0795. The van der Waals surface area contributed by atoms with Crippen LogP contribution in [0.2, 0.25) is 0 Å². The van der Waals surface area contributed by atoms with Crippen LogP contribution in [0.1, 0.15) is 110 Å². The molecule has 2 rings (SSSR count). The molecule has 2 aromatic rings. The minimum atomic E-state index is -4.05. The fourth-order valence-electron chi connectivity index (χ4n) is 4.75. The zero-order valence-corrected chi connectivity index (χ0v) is 26.0. The lowest BCUT2D eigenvalue weighted by molar-refractivity contribution is 0.00895. The van der Waals surface area contributed by atoms with Crippen molar-refractivity contribution in [3.63, 3.8) is 0 Å². The van der Waals surface area contributed by atoms with Crippen molar-refractivity contribution in [1.82, 2.24) is 19.5 Å². The van der Waals surface area contributed by atoms with Crippen LogP contribution in [0.4, 0.5) is 5.82 Å². The first-order valence-corrected chi connectivity index (χ1v) is 17.4. The summed E-state index contributed by atoms with van der Waals surface area (Å²) in [6.07, 6.45) is 22.5. The van der Waals surface area contributed by atoms with E-state index in [9.17, 15) is 14.6 Å². The Balaban J connectivity index is 1.41. The molecular formula is C29H54N5O6P. The smallest absolute Gasteiger partial charge is 0.353 e. The highest BCUT2D eigenvalue weighted by molar-refractivity contribution is 7.52. The third-order valence-corrected chi connectivity index (χ3v) is 8.26. The van der Waals surface area contributed by atoms with Gasteiger partial charge in [0.2, 0.25) is 0 Å². The number of hydrogen-bond acceptors (Lipinski definition) is 9. The number of ether oxygens (including phenoxy) is 2. The van der Waals surface area contributed by atoms with E-state index in [1.807, 2.05) is 0 Å². The van der Waals surface area contributed by atoms with Gasteiger partial charge in [-0.25, -0.2) is 15.0 Å². The molecule has 0 saturated carbocycles. The predicted octanol–water partition coefficient (Wildman–Crippen LogP) is 6.22. The summed E-state index contributed by atoms with van der Waals surface area (Å²) in [4.78, 5) is 22.3. The van der Waals surface area contributed by atoms with E-state index in [0.29, 0.717) is 24.3 Å². The van der Waals surface area contributed by atoms with E-state index in [4.69, 9.17) is 19.7 Å². The largest absolute Gasteiger partial charge is 0.394 e. The number of imidazole rings is 1. The number of unbranched alkanes of at least 4 members (excludes halogenated alkanes) is 15. The lowest BCUT2D eigenvalue weighted by Gasteiger charge is -2.19. The van der Waals surface area contributed by atoms with Gasteiger partial charge < -0.3 is 29.8 Å². The zero-order valence-electron chi connectivity index (χ0n) is 25.1. The second-order valence-electron chi connectivity index (χ2n) is 10.8. The summed E-state index contributed by atoms with van der Waals surface area (Å²) < 4.78 is 30.2. The van der Waals surface area contributed by atoms with Gasteiger partial charge in [-0.3, -0.25) is 9.09 Å². The van der Waals surface area contributed by atoms with E-state index in [-0.39, 0.29) is 19.0 Å². The number of aliphatic hydroxyl groups is 1. The van der Waals surface area contributed by atoms with Crippen molar-refractivity contribution in [1.29, 1.82) is 0 Å². The number of rotatable bonds is 27. The number of nitrogens with two attached hydrogens (primary N) is 1. The van der Waals surface area contributed by atoms with Gasteiger partial charge in [-0.05, 0) is 6.42 Å². The molecule has 0 saturated heterocycles. The lowest BCUT2D eigenvalue weighted by Crippen LogP contribution is -2.24. The first kappa shape index (κ1) is 35.6. The highest BCUT2D eigenvalue weighted by Gasteiger charge is 2.25. The molecule has 0 spiro atoms. The van der Waals surface area contributed by atoms with Crippen LogP contribution in [0.25, 0.3) is 11.2 Å². The Labute approximate surface area is 246 Å². The standard InChI is InChI=1S/C29H54N5O6P/c1-2-3-4-5-6-7-8-9-10-11-12-13-14-15-16-17-19-38-22-26(21-35)40-41(36,37)25-39-20-18-34-24-33-27-28(30)31-23-32-29(27)34/h23-24,26,35H,2-22,25H2,1H3,(H,36,37)(H2,30,31,32)/t26-/m0/s1. The van der Waals surface area contributed by atoms with Crippen molar-refractivity contribution >= 4 is 24.6 Å². The van der Waals surface area contributed by atoms with E-state index in [0.717, 1.165) is 12.8 Å². The number of hydrogen-bond donors (Lipinski definition) is 3. The zero-order chi connectivity index (χ0) is 29.6. The lowest BCUT2D eigenvalue weighted by atomic mass is 10.0. The molecule has 0 aliphatic heterocycles. The topological polar surface area (TPSA) is 155 Å². The van der Waals surface area contributed by atoms with Gasteiger partial charge in [0.1, 0.15) is 24.3 Å². The number of fused-ring (bicyclic) bond motifs is 1. The molecule has 1 unspecified atom stereocenters. The number of aromatic nitrogens is 4. The van der Waals surface area contributed by atoms with Gasteiger partial charge in [0.25, 0.3) is 0 Å². The maximum atomic E-state index is 12.4. The van der Waals surface area contributed by atoms with Crippen LogP contribution >= 0.6 is 7.60 Å². The van der Waals surface area contributed by atoms with Gasteiger partial charge in [-0.1, -0.05) is 103 Å². The average molecular weight is 600 g/mol. The third kappa shape index (κ3) is 16.0. The van der Waals surface area contributed by atoms with Crippen LogP contribution in [0.15, 0.2) is 12.7 Å². The number of nitrogen functional groups attached to an aromatic ring is 1. The molecule has 236 valence electrons. The van der Waals surface area contributed by atoms with Gasteiger partial charge in [0, 0.05) is 13.2 Å². The van der Waals surface area contributed by atoms with Crippen LogP contribution in [-0.2, 0) is 25.1 Å². The van der Waals surface area contributed by atoms with Crippen molar-refractivity contribution in [2.75, 3.05) is 38.5 Å². The minimum Gasteiger partial charge on any atom is -0.394 e. The molecule has 0 radical (unpaired) electrons. The summed E-state index contributed by atoms with van der Waals surface area (Å²) >= 11 is 0. The Morgan fingerprint density at radius 3 is 2.02 bits per heavy atom. The van der Waals surface area contributed by atoms with E-state index in [1.165, 1.54) is 96.2 Å². The molecule has 41 heavy (non-hydrogen) atoms. The number of nitrogens with zero attached hydrogens (tertiary/aromatic N) is 4. The maximum absolute atomic E-state index is 12.4. The van der Waals surface area contributed by atoms with Crippen LogP contribution < -0.4 is 5.73 Å². The maximum Gasteiger partial charge on any atom is 0.353 e. The molecule has 2 atom stereocenters. The van der Waals surface area contributed by atoms with Crippen LogP contribution in [0.5, 0.6) is 0 Å². The van der Waals surface area contributed by atoms with E-state index >= 15 is 0 Å². The molecule has 2 heterocycles. The number of anilines is 1. The van der Waals surface area contributed by atoms with Gasteiger partial charge in [0.15, 0.2) is 11.5 Å². The molecule has 11 nitrogen and oxygen atoms in total. The Bertz CT molecular complexity index is 978. The summed E-state index contributed by atoms with van der Waals surface area (Å²) in [6.45, 7) is 2.95. The van der Waals surface area contributed by atoms with Crippen LogP contribution in [0, 0.1) is 0 Å². The molecule has 0 aromatic carbocycles. The second kappa shape index (κ2) is 22.0. The predicted molar refractivity (Wildman–Crippen MR) is 163 cm³/mol. The molecule has 0 fully saturated rings. The van der Waals surface area contributed by atoms with Crippen molar-refractivity contribution < 1.29 is 28.6 Å². The molecule has 0 aliphatic carbocycles. The molecule has 0 amide bonds. The normalized spacial score (nSPS) is 14.0. The van der Waals surface area contributed by atoms with Gasteiger partial charge >= 0.3 is 7.60 Å². The summed E-state index contributed by atoms with van der Waals surface area (Å²) in [5.74, 6) is 0.287. The summed E-state index contributed by atoms with van der Waals surface area (Å²) in [7, 11) is -4.05. The monoisotopic (exact) mass is 599 g/mol. The van der Waals surface area contributed by atoms with E-state index in [2.05, 4.69) is 21.9 Å². The Hall–Kier alpha value is -1.62.